The fourth-order valence-corrected chi connectivity index (χ4v) is 11.7. The molecule has 13 atom stereocenters. The molecule has 7 bridgehead atoms. The first kappa shape index (κ1) is 22.8. The second-order valence-electron chi connectivity index (χ2n) is 12.2. The highest BCUT2D eigenvalue weighted by Crippen LogP contribution is 2.82. The molecule has 5 unspecified atom stereocenters. The molecule has 3 spiro atoms. The molecule has 7 rings (SSSR count). The van der Waals surface area contributed by atoms with Crippen molar-refractivity contribution in [3.05, 3.63) is 0 Å². The average molecular weight is 480 g/mol. The topological polar surface area (TPSA) is 78.9 Å². The second kappa shape index (κ2) is 7.16. The minimum absolute atomic E-state index is 0.0240. The lowest BCUT2D eigenvalue weighted by molar-refractivity contribution is -0.287. The highest BCUT2D eigenvalue weighted by atomic mass is 16.7. The van der Waals surface area contributed by atoms with Crippen LogP contribution < -0.4 is 0 Å². The summed E-state index contributed by atoms with van der Waals surface area (Å²) in [5, 5.41) is 12.6. The number of aliphatic hydroxyl groups is 1. The first-order valence-electron chi connectivity index (χ1n) is 13.2. The first-order chi connectivity index (χ1) is 16.5. The summed E-state index contributed by atoms with van der Waals surface area (Å²) in [6.45, 7) is 4.93. The van der Waals surface area contributed by atoms with E-state index in [9.17, 15) is 5.11 Å². The van der Waals surface area contributed by atoms with Crippen LogP contribution >= 0.6 is 0 Å². The lowest BCUT2D eigenvalue weighted by atomic mass is 9.42. The number of hydrogen-bond acceptors (Lipinski definition) is 8. The molecule has 2 heterocycles. The van der Waals surface area contributed by atoms with E-state index < -0.39 is 17.3 Å². The fraction of sp³-hybridized carbons (Fsp3) is 1.00. The second-order valence-corrected chi connectivity index (χ2v) is 12.2. The molecule has 5 aliphatic carbocycles. The van der Waals surface area contributed by atoms with Crippen LogP contribution in [0.5, 0.6) is 0 Å². The normalized spacial score (nSPS) is 61.1. The number of methoxy groups -OCH3 is 4. The van der Waals surface area contributed by atoms with Gasteiger partial charge >= 0.3 is 0 Å². The highest BCUT2D eigenvalue weighted by molar-refractivity contribution is 5.42. The quantitative estimate of drug-likeness (QED) is 0.611. The molecule has 0 aromatic carbocycles. The molecule has 0 aromatic heterocycles. The Morgan fingerprint density at radius 2 is 1.91 bits per heavy atom. The predicted molar refractivity (Wildman–Crippen MR) is 121 cm³/mol. The van der Waals surface area contributed by atoms with E-state index in [1.807, 2.05) is 21.3 Å². The van der Waals surface area contributed by atoms with Crippen molar-refractivity contribution in [2.45, 2.75) is 74.3 Å². The van der Waals surface area contributed by atoms with E-state index in [0.29, 0.717) is 18.4 Å². The van der Waals surface area contributed by atoms with Gasteiger partial charge in [-0.1, -0.05) is 6.92 Å². The molecule has 7 fully saturated rings. The molecule has 8 heteroatoms. The third kappa shape index (κ3) is 2.05. The van der Waals surface area contributed by atoms with Crippen LogP contribution in [0.1, 0.15) is 32.6 Å². The number of likely N-dealkylation sites (N-methyl/N-ethyl adjacent to an activating group) is 1. The van der Waals surface area contributed by atoms with Crippen LogP contribution in [0.4, 0.5) is 0 Å². The Labute approximate surface area is 202 Å². The third-order valence-electron chi connectivity index (χ3n) is 12.0. The zero-order valence-electron chi connectivity index (χ0n) is 21.2. The first-order valence-corrected chi connectivity index (χ1v) is 13.2. The predicted octanol–water partition coefficient (Wildman–Crippen LogP) is 1.29. The lowest BCUT2D eigenvalue weighted by Crippen LogP contribution is -2.81. The summed E-state index contributed by atoms with van der Waals surface area (Å²) in [6.07, 6.45) is 3.20. The Hall–Kier alpha value is -0.320. The molecule has 34 heavy (non-hydrogen) atoms. The summed E-state index contributed by atoms with van der Waals surface area (Å²) in [5.74, 6) is 0.813. The van der Waals surface area contributed by atoms with Gasteiger partial charge in [-0.05, 0) is 31.7 Å². The maximum Gasteiger partial charge on any atom is 0.148 e. The molecule has 7 aliphatic rings. The molecule has 1 N–H and O–H groups in total. The van der Waals surface area contributed by atoms with Crippen molar-refractivity contribution in [2.75, 3.05) is 54.9 Å². The van der Waals surface area contributed by atoms with Crippen LogP contribution in [0, 0.1) is 34.5 Å². The number of rotatable bonds is 6. The van der Waals surface area contributed by atoms with Gasteiger partial charge in [-0.15, -0.1) is 0 Å². The van der Waals surface area contributed by atoms with Gasteiger partial charge in [0.25, 0.3) is 0 Å². The SMILES string of the molecule is CCN1C[C@]2(COC)CCC(OC)C34[C@@H]5CC6C(OC)C[C@@]7(OCO[C@@]7([C@@H](O)[C@@H]32)[C@@H]14)[C@H]5C6OC. The van der Waals surface area contributed by atoms with Crippen LogP contribution in [0.15, 0.2) is 0 Å². The van der Waals surface area contributed by atoms with Gasteiger partial charge in [-0.3, -0.25) is 4.90 Å². The molecule has 0 aromatic rings. The van der Waals surface area contributed by atoms with E-state index >= 15 is 0 Å². The van der Waals surface area contributed by atoms with E-state index in [4.69, 9.17) is 28.4 Å². The minimum Gasteiger partial charge on any atom is -0.390 e. The molecule has 2 saturated heterocycles. The minimum atomic E-state index is -0.825. The van der Waals surface area contributed by atoms with E-state index in [0.717, 1.165) is 38.8 Å². The van der Waals surface area contributed by atoms with Crippen molar-refractivity contribution < 1.29 is 33.5 Å². The largest absolute Gasteiger partial charge is 0.390 e. The molecule has 0 radical (unpaired) electrons. The molecule has 0 amide bonds. The van der Waals surface area contributed by atoms with E-state index in [1.54, 1.807) is 7.11 Å². The van der Waals surface area contributed by atoms with Gasteiger partial charge in [-0.2, -0.15) is 0 Å². The van der Waals surface area contributed by atoms with Crippen molar-refractivity contribution in [3.63, 3.8) is 0 Å². The molecule has 5 saturated carbocycles. The Morgan fingerprint density at radius 1 is 1.09 bits per heavy atom. The van der Waals surface area contributed by atoms with Crippen LogP contribution in [-0.2, 0) is 28.4 Å². The maximum atomic E-state index is 12.6. The monoisotopic (exact) mass is 479 g/mol. The summed E-state index contributed by atoms with van der Waals surface area (Å²) >= 11 is 0. The number of ether oxygens (including phenoxy) is 6. The van der Waals surface area contributed by atoms with Gasteiger partial charge in [0.1, 0.15) is 18.0 Å². The molecular formula is C26H41NO7. The van der Waals surface area contributed by atoms with Gasteiger partial charge in [0.2, 0.25) is 0 Å². The number of aliphatic hydroxyl groups excluding tert-OH is 1. The Bertz CT molecular complexity index is 859. The van der Waals surface area contributed by atoms with Crippen molar-refractivity contribution in [2.24, 2.45) is 34.5 Å². The van der Waals surface area contributed by atoms with Crippen molar-refractivity contribution in [1.82, 2.24) is 4.90 Å². The number of likely N-dealkylation sites (tertiary alicyclic amines) is 1. The van der Waals surface area contributed by atoms with Crippen LogP contribution in [-0.4, -0.2) is 107 Å². The van der Waals surface area contributed by atoms with Crippen molar-refractivity contribution >= 4 is 0 Å². The van der Waals surface area contributed by atoms with Crippen LogP contribution in [0.2, 0.25) is 0 Å². The molecule has 2 aliphatic heterocycles. The molecule has 8 nitrogen and oxygen atoms in total. The number of fused-ring (bicyclic) bond motifs is 1. The summed E-state index contributed by atoms with van der Waals surface area (Å²) in [5.41, 5.74) is -1.83. The van der Waals surface area contributed by atoms with E-state index in [2.05, 4.69) is 11.8 Å². The van der Waals surface area contributed by atoms with Crippen LogP contribution in [0.3, 0.4) is 0 Å². The highest BCUT2D eigenvalue weighted by Gasteiger charge is 2.93. The van der Waals surface area contributed by atoms with Crippen LogP contribution in [0.25, 0.3) is 0 Å². The smallest absolute Gasteiger partial charge is 0.148 e. The number of nitrogens with zero attached hydrogens (tertiary/aromatic N) is 1. The number of piperidine rings is 1. The molecular weight excluding hydrogens is 438 g/mol. The van der Waals surface area contributed by atoms with E-state index in [-0.39, 0.29) is 53.8 Å². The average Bonchev–Trinajstić information content (AvgIpc) is 3.42. The Kier molecular flexibility index (Phi) is 4.81. The number of hydrogen-bond donors (Lipinski definition) is 1. The summed E-state index contributed by atoms with van der Waals surface area (Å²) < 4.78 is 38.3. The summed E-state index contributed by atoms with van der Waals surface area (Å²) in [4.78, 5) is 2.61. The summed E-state index contributed by atoms with van der Waals surface area (Å²) in [7, 11) is 7.32. The zero-order chi connectivity index (χ0) is 23.7. The Balaban J connectivity index is 1.55. The third-order valence-corrected chi connectivity index (χ3v) is 12.0. The van der Waals surface area contributed by atoms with Gasteiger partial charge in [0.05, 0.1) is 37.1 Å². The van der Waals surface area contributed by atoms with Gasteiger partial charge in [0, 0.05) is 70.0 Å². The van der Waals surface area contributed by atoms with E-state index in [1.165, 1.54) is 0 Å². The zero-order valence-corrected chi connectivity index (χ0v) is 21.2. The Morgan fingerprint density at radius 3 is 2.59 bits per heavy atom. The summed E-state index contributed by atoms with van der Waals surface area (Å²) in [6, 6.07) is 0.0378. The standard InChI is InChI=1S/C26H41NO7/c1-6-27-11-23(12-29-2)8-7-17(31-4)25-15-9-14-16(30-3)10-24(18(15)19(14)32-5)26(22(25)27,34-13-33-24)21(28)20(23)25/h14-22,28H,6-13H2,1-5H3/t14?,15-,16?,17?,18-,19?,20-,21+,22+,23+,24-,25?,26+/m1/s1. The van der Waals surface area contributed by atoms with Gasteiger partial charge in [-0.25, -0.2) is 0 Å². The van der Waals surface area contributed by atoms with Gasteiger partial charge in [0.15, 0.2) is 0 Å². The molecule has 192 valence electrons. The fourth-order valence-electron chi connectivity index (χ4n) is 11.7. The lowest BCUT2D eigenvalue weighted by Gasteiger charge is -2.70. The van der Waals surface area contributed by atoms with Crippen molar-refractivity contribution in [1.29, 1.82) is 0 Å². The van der Waals surface area contributed by atoms with Gasteiger partial charge < -0.3 is 33.5 Å². The maximum absolute atomic E-state index is 12.6. The van der Waals surface area contributed by atoms with Crippen molar-refractivity contribution in [3.8, 4) is 0 Å².